The van der Waals surface area contributed by atoms with Gasteiger partial charge < -0.3 is 14.4 Å². The van der Waals surface area contributed by atoms with E-state index in [9.17, 15) is 4.79 Å². The Labute approximate surface area is 136 Å². The minimum absolute atomic E-state index is 0.239. The average molecular weight is 327 g/mol. The molecule has 0 radical (unpaired) electrons. The summed E-state index contributed by atoms with van der Waals surface area (Å²) in [6.07, 6.45) is 3.12. The summed E-state index contributed by atoms with van der Waals surface area (Å²) in [5.74, 6) is 1.01. The van der Waals surface area contributed by atoms with Gasteiger partial charge in [-0.2, -0.15) is 0 Å². The van der Waals surface area contributed by atoms with E-state index in [1.54, 1.807) is 18.2 Å². The molecule has 2 rings (SSSR count). The molecule has 1 aliphatic heterocycles. The van der Waals surface area contributed by atoms with Crippen LogP contribution in [0.5, 0.6) is 5.75 Å². The van der Waals surface area contributed by atoms with Gasteiger partial charge in [0.15, 0.2) is 0 Å². The number of methoxy groups -OCH3 is 1. The van der Waals surface area contributed by atoms with Gasteiger partial charge in [0, 0.05) is 31.0 Å². The molecule has 1 aliphatic rings. The number of nitrogens with zero attached hydrogens (tertiary/aromatic N) is 2. The number of pyridine rings is 1. The van der Waals surface area contributed by atoms with E-state index in [-0.39, 0.29) is 6.09 Å². The summed E-state index contributed by atoms with van der Waals surface area (Å²) in [5, 5.41) is 0.507. The second-order valence-electron chi connectivity index (χ2n) is 6.60. The van der Waals surface area contributed by atoms with Crippen molar-refractivity contribution in [1.29, 1.82) is 0 Å². The van der Waals surface area contributed by atoms with Crippen LogP contribution in [0.3, 0.4) is 0 Å². The second kappa shape index (κ2) is 6.73. The highest BCUT2D eigenvalue weighted by Gasteiger charge is 2.30. The molecule has 0 aromatic carbocycles. The van der Waals surface area contributed by atoms with Gasteiger partial charge in [0.05, 0.1) is 7.11 Å². The first-order chi connectivity index (χ1) is 10.3. The van der Waals surface area contributed by atoms with Crippen LogP contribution in [-0.4, -0.2) is 41.8 Å². The molecule has 0 spiro atoms. The molecule has 1 aromatic heterocycles. The van der Waals surface area contributed by atoms with Crippen LogP contribution in [0.25, 0.3) is 0 Å². The fourth-order valence-corrected chi connectivity index (χ4v) is 2.70. The number of amides is 1. The predicted octanol–water partition coefficient (Wildman–Crippen LogP) is 3.54. The third-order valence-electron chi connectivity index (χ3n) is 3.53. The van der Waals surface area contributed by atoms with Gasteiger partial charge in [-0.25, -0.2) is 4.79 Å². The molecule has 0 unspecified atom stereocenters. The van der Waals surface area contributed by atoms with Crippen molar-refractivity contribution in [1.82, 2.24) is 9.88 Å². The molecule has 1 atom stereocenters. The van der Waals surface area contributed by atoms with Gasteiger partial charge in [-0.1, -0.05) is 11.6 Å². The van der Waals surface area contributed by atoms with Crippen LogP contribution in [0, 0.1) is 5.92 Å². The Morgan fingerprint density at radius 3 is 2.86 bits per heavy atom. The largest absolute Gasteiger partial charge is 0.495 e. The van der Waals surface area contributed by atoms with Crippen LogP contribution in [-0.2, 0) is 11.2 Å². The molecule has 0 aliphatic carbocycles. The maximum atomic E-state index is 12.1. The first-order valence-electron chi connectivity index (χ1n) is 7.45. The Balaban J connectivity index is 1.92. The Hall–Kier alpha value is -1.49. The molecule has 1 fully saturated rings. The van der Waals surface area contributed by atoms with E-state index in [0.717, 1.165) is 25.1 Å². The summed E-state index contributed by atoms with van der Waals surface area (Å²) in [7, 11) is 1.59. The third kappa shape index (κ3) is 4.50. The van der Waals surface area contributed by atoms with Gasteiger partial charge in [0.2, 0.25) is 0 Å². The summed E-state index contributed by atoms with van der Waals surface area (Å²) in [6.45, 7) is 7.05. The molecular weight excluding hydrogens is 304 g/mol. The minimum Gasteiger partial charge on any atom is -0.495 e. The van der Waals surface area contributed by atoms with Crippen LogP contribution in [0.2, 0.25) is 5.02 Å². The smallest absolute Gasteiger partial charge is 0.410 e. The Kier molecular flexibility index (Phi) is 5.16. The van der Waals surface area contributed by atoms with Crippen molar-refractivity contribution in [3.63, 3.8) is 0 Å². The van der Waals surface area contributed by atoms with Crippen molar-refractivity contribution in [2.24, 2.45) is 5.92 Å². The molecule has 1 amide bonds. The van der Waals surface area contributed by atoms with Crippen molar-refractivity contribution in [2.45, 2.75) is 39.2 Å². The molecule has 0 N–H and O–H groups in total. The van der Waals surface area contributed by atoms with Crippen LogP contribution < -0.4 is 4.74 Å². The lowest BCUT2D eigenvalue weighted by molar-refractivity contribution is 0.0288. The monoisotopic (exact) mass is 326 g/mol. The normalized spacial score (nSPS) is 18.4. The average Bonchev–Trinajstić information content (AvgIpc) is 2.87. The van der Waals surface area contributed by atoms with Crippen LogP contribution in [0.4, 0.5) is 4.79 Å². The zero-order valence-electron chi connectivity index (χ0n) is 13.6. The number of hydrogen-bond acceptors (Lipinski definition) is 4. The van der Waals surface area contributed by atoms with E-state index < -0.39 is 5.60 Å². The molecule has 122 valence electrons. The van der Waals surface area contributed by atoms with Gasteiger partial charge in [-0.15, -0.1) is 0 Å². The Morgan fingerprint density at radius 2 is 2.23 bits per heavy atom. The summed E-state index contributed by atoms with van der Waals surface area (Å²) < 4.78 is 10.6. The number of likely N-dealkylation sites (tertiary alicyclic amines) is 1. The highest BCUT2D eigenvalue weighted by atomic mass is 35.5. The number of carbonyl (C=O) groups is 1. The first-order valence-corrected chi connectivity index (χ1v) is 7.82. The van der Waals surface area contributed by atoms with Crippen LogP contribution in [0.15, 0.2) is 12.3 Å². The summed E-state index contributed by atoms with van der Waals surface area (Å²) in [4.78, 5) is 18.2. The highest BCUT2D eigenvalue weighted by molar-refractivity contribution is 6.31. The molecule has 1 aromatic rings. The van der Waals surface area contributed by atoms with Crippen molar-refractivity contribution < 1.29 is 14.3 Å². The lowest BCUT2D eigenvalue weighted by Crippen LogP contribution is -2.35. The van der Waals surface area contributed by atoms with Crippen molar-refractivity contribution in [2.75, 3.05) is 20.2 Å². The molecule has 6 heteroatoms. The second-order valence-corrected chi connectivity index (χ2v) is 7.00. The fourth-order valence-electron chi connectivity index (χ4n) is 2.52. The number of ether oxygens (including phenoxy) is 2. The zero-order chi connectivity index (χ0) is 16.3. The number of hydrogen-bond donors (Lipinski definition) is 0. The third-order valence-corrected chi connectivity index (χ3v) is 3.82. The van der Waals surface area contributed by atoms with Gasteiger partial charge >= 0.3 is 6.09 Å². The molecule has 22 heavy (non-hydrogen) atoms. The maximum absolute atomic E-state index is 12.1. The first kappa shape index (κ1) is 16.9. The van der Waals surface area contributed by atoms with E-state index >= 15 is 0 Å². The van der Waals surface area contributed by atoms with E-state index in [0.29, 0.717) is 23.2 Å². The maximum Gasteiger partial charge on any atom is 0.410 e. The Morgan fingerprint density at radius 1 is 1.50 bits per heavy atom. The number of halogens is 1. The SMILES string of the molecule is COc1cc(C[C@@H]2CCN(C(=O)OC(C)(C)C)C2)ncc1Cl. The van der Waals surface area contributed by atoms with Gasteiger partial charge in [0.1, 0.15) is 16.4 Å². The van der Waals surface area contributed by atoms with E-state index in [4.69, 9.17) is 21.1 Å². The van der Waals surface area contributed by atoms with Crippen molar-refractivity contribution in [3.05, 3.63) is 23.0 Å². The van der Waals surface area contributed by atoms with E-state index in [2.05, 4.69) is 4.98 Å². The fraction of sp³-hybridized carbons (Fsp3) is 0.625. The number of rotatable bonds is 3. The van der Waals surface area contributed by atoms with Gasteiger partial charge in [-0.3, -0.25) is 4.98 Å². The molecule has 2 heterocycles. The van der Waals surface area contributed by atoms with E-state index in [1.807, 2.05) is 26.8 Å². The number of carbonyl (C=O) groups excluding carboxylic acids is 1. The van der Waals surface area contributed by atoms with Crippen molar-refractivity contribution >= 4 is 17.7 Å². The highest BCUT2D eigenvalue weighted by Crippen LogP contribution is 2.27. The minimum atomic E-state index is -0.458. The lowest BCUT2D eigenvalue weighted by Gasteiger charge is -2.24. The van der Waals surface area contributed by atoms with E-state index in [1.165, 1.54) is 0 Å². The molecule has 5 nitrogen and oxygen atoms in total. The molecule has 1 saturated heterocycles. The zero-order valence-corrected chi connectivity index (χ0v) is 14.3. The predicted molar refractivity (Wildman–Crippen MR) is 85.4 cm³/mol. The molecule has 0 bridgehead atoms. The van der Waals surface area contributed by atoms with Gasteiger partial charge in [0.25, 0.3) is 0 Å². The number of aromatic nitrogens is 1. The summed E-state index contributed by atoms with van der Waals surface area (Å²) in [6, 6.07) is 1.86. The molecule has 0 saturated carbocycles. The molecular formula is C16H23ClN2O3. The van der Waals surface area contributed by atoms with Crippen LogP contribution >= 0.6 is 11.6 Å². The standard InChI is InChI=1S/C16H23ClN2O3/c1-16(2,3)22-15(20)19-6-5-11(10-19)7-12-8-14(21-4)13(17)9-18-12/h8-9,11H,5-7,10H2,1-4H3/t11-/m0/s1. The quantitative estimate of drug-likeness (QED) is 0.852. The van der Waals surface area contributed by atoms with Gasteiger partial charge in [-0.05, 0) is 39.5 Å². The topological polar surface area (TPSA) is 51.7 Å². The lowest BCUT2D eigenvalue weighted by atomic mass is 10.0. The van der Waals surface area contributed by atoms with Crippen molar-refractivity contribution in [3.8, 4) is 5.75 Å². The summed E-state index contributed by atoms with van der Waals surface area (Å²) >= 11 is 5.98. The van der Waals surface area contributed by atoms with Crippen LogP contribution in [0.1, 0.15) is 32.9 Å². The Bertz CT molecular complexity index is 543. The summed E-state index contributed by atoms with van der Waals surface area (Å²) in [5.41, 5.74) is 0.470.